The van der Waals surface area contributed by atoms with Gasteiger partial charge in [-0.15, -0.1) is 0 Å². The molecule has 3 rings (SSSR count). The van der Waals surface area contributed by atoms with Crippen LogP contribution in [-0.2, 0) is 0 Å². The van der Waals surface area contributed by atoms with E-state index in [2.05, 4.69) is 16.7 Å². The highest BCUT2D eigenvalue weighted by molar-refractivity contribution is 5.30. The molecule has 4 atom stereocenters. The van der Waals surface area contributed by atoms with E-state index in [4.69, 9.17) is 5.73 Å². The first-order chi connectivity index (χ1) is 7.23. The van der Waals surface area contributed by atoms with Crippen molar-refractivity contribution in [1.82, 2.24) is 10.6 Å². The van der Waals surface area contributed by atoms with E-state index in [0.29, 0.717) is 18.1 Å². The first-order valence-electron chi connectivity index (χ1n) is 5.94. The Morgan fingerprint density at radius 2 is 2.13 bits per heavy atom. The van der Waals surface area contributed by atoms with Gasteiger partial charge in [-0.3, -0.25) is 5.32 Å². The second kappa shape index (κ2) is 3.18. The summed E-state index contributed by atoms with van der Waals surface area (Å²) in [5.41, 5.74) is 5.45. The molecule has 3 saturated carbocycles. The SMILES string of the molecule is N#CC1(NC2CC2N)CC1NC1CCC1. The molecule has 4 nitrogen and oxygen atoms in total. The molecule has 3 aliphatic rings. The van der Waals surface area contributed by atoms with Gasteiger partial charge in [0.1, 0.15) is 5.54 Å². The van der Waals surface area contributed by atoms with Crippen LogP contribution in [0.5, 0.6) is 0 Å². The molecule has 0 bridgehead atoms. The van der Waals surface area contributed by atoms with E-state index in [1.54, 1.807) is 0 Å². The van der Waals surface area contributed by atoms with E-state index in [1.165, 1.54) is 19.3 Å². The maximum absolute atomic E-state index is 9.20. The van der Waals surface area contributed by atoms with E-state index < -0.39 is 0 Å². The third kappa shape index (κ3) is 1.65. The van der Waals surface area contributed by atoms with Crippen molar-refractivity contribution in [2.24, 2.45) is 5.73 Å². The Bertz CT molecular complexity index is 306. The standard InChI is InChI=1S/C11H18N4/c12-6-11(15-9-4-8(9)13)5-10(11)14-7-2-1-3-7/h7-10,14-15H,1-5,13H2. The molecular weight excluding hydrogens is 188 g/mol. The Morgan fingerprint density at radius 3 is 2.60 bits per heavy atom. The topological polar surface area (TPSA) is 73.9 Å². The Hall–Kier alpha value is -0.630. The van der Waals surface area contributed by atoms with Gasteiger partial charge in [0.05, 0.1) is 6.07 Å². The molecule has 0 radical (unpaired) electrons. The molecule has 82 valence electrons. The van der Waals surface area contributed by atoms with Crippen molar-refractivity contribution in [2.75, 3.05) is 0 Å². The van der Waals surface area contributed by atoms with Crippen LogP contribution < -0.4 is 16.4 Å². The summed E-state index contributed by atoms with van der Waals surface area (Å²) in [6, 6.07) is 4.11. The van der Waals surface area contributed by atoms with Gasteiger partial charge in [0.2, 0.25) is 0 Å². The van der Waals surface area contributed by atoms with Crippen molar-refractivity contribution in [1.29, 1.82) is 5.26 Å². The fourth-order valence-corrected chi connectivity index (χ4v) is 2.35. The predicted octanol–water partition coefficient (Wildman–Crippen LogP) is -0.148. The monoisotopic (exact) mass is 206 g/mol. The van der Waals surface area contributed by atoms with Gasteiger partial charge in [0.15, 0.2) is 0 Å². The minimum atomic E-state index is -0.297. The minimum absolute atomic E-state index is 0.278. The fraction of sp³-hybridized carbons (Fsp3) is 0.909. The zero-order valence-corrected chi connectivity index (χ0v) is 8.87. The number of nitrogens with one attached hydrogen (secondary N) is 2. The zero-order chi connectivity index (χ0) is 10.5. The summed E-state index contributed by atoms with van der Waals surface area (Å²) < 4.78 is 0. The molecule has 0 aromatic carbocycles. The van der Waals surface area contributed by atoms with Crippen LogP contribution in [0, 0.1) is 11.3 Å². The fourth-order valence-electron chi connectivity index (χ4n) is 2.35. The van der Waals surface area contributed by atoms with Crippen molar-refractivity contribution < 1.29 is 0 Å². The lowest BCUT2D eigenvalue weighted by Gasteiger charge is -2.27. The van der Waals surface area contributed by atoms with E-state index in [1.807, 2.05) is 0 Å². The van der Waals surface area contributed by atoms with Crippen molar-refractivity contribution >= 4 is 0 Å². The Balaban J connectivity index is 1.52. The molecular formula is C11H18N4. The van der Waals surface area contributed by atoms with E-state index in [-0.39, 0.29) is 11.6 Å². The molecule has 0 aromatic rings. The van der Waals surface area contributed by atoms with Gasteiger partial charge in [0, 0.05) is 24.2 Å². The highest BCUT2D eigenvalue weighted by Gasteiger charge is 2.58. The highest BCUT2D eigenvalue weighted by atomic mass is 15.2. The molecule has 3 fully saturated rings. The first-order valence-corrected chi connectivity index (χ1v) is 5.94. The van der Waals surface area contributed by atoms with Gasteiger partial charge < -0.3 is 11.1 Å². The number of rotatable bonds is 4. The average Bonchev–Trinajstić information content (AvgIpc) is 3.02. The number of nitrogens with zero attached hydrogens (tertiary/aromatic N) is 1. The predicted molar refractivity (Wildman–Crippen MR) is 57.0 cm³/mol. The molecule has 0 saturated heterocycles. The van der Waals surface area contributed by atoms with Gasteiger partial charge in [-0.2, -0.15) is 5.26 Å². The van der Waals surface area contributed by atoms with E-state index >= 15 is 0 Å². The largest absolute Gasteiger partial charge is 0.326 e. The summed E-state index contributed by atoms with van der Waals surface area (Å²) in [4.78, 5) is 0. The van der Waals surface area contributed by atoms with Crippen LogP contribution >= 0.6 is 0 Å². The maximum atomic E-state index is 9.20. The molecule has 0 heterocycles. The molecule has 0 aromatic heterocycles. The normalized spacial score (nSPS) is 48.1. The van der Waals surface area contributed by atoms with Gasteiger partial charge in [-0.1, -0.05) is 6.42 Å². The Labute approximate surface area is 90.2 Å². The molecule has 0 aliphatic heterocycles. The first kappa shape index (κ1) is 9.59. The summed E-state index contributed by atoms with van der Waals surface area (Å²) in [5.74, 6) is 0. The average molecular weight is 206 g/mol. The Morgan fingerprint density at radius 1 is 1.40 bits per heavy atom. The highest BCUT2D eigenvalue weighted by Crippen LogP contribution is 2.40. The number of nitrogens with two attached hydrogens (primary N) is 1. The van der Waals surface area contributed by atoms with Crippen LogP contribution in [0.25, 0.3) is 0 Å². The van der Waals surface area contributed by atoms with Crippen molar-refractivity contribution in [3.63, 3.8) is 0 Å². The number of hydrogen-bond acceptors (Lipinski definition) is 4. The molecule has 0 amide bonds. The summed E-state index contributed by atoms with van der Waals surface area (Å²) in [7, 11) is 0. The molecule has 4 N–H and O–H groups in total. The zero-order valence-electron chi connectivity index (χ0n) is 8.87. The van der Waals surface area contributed by atoms with Crippen LogP contribution in [0.3, 0.4) is 0 Å². The smallest absolute Gasteiger partial charge is 0.124 e. The van der Waals surface area contributed by atoms with Gasteiger partial charge in [0.25, 0.3) is 0 Å². The molecule has 15 heavy (non-hydrogen) atoms. The van der Waals surface area contributed by atoms with Gasteiger partial charge >= 0.3 is 0 Å². The summed E-state index contributed by atoms with van der Waals surface area (Å²) in [6.45, 7) is 0. The second-order valence-electron chi connectivity index (χ2n) is 5.28. The van der Waals surface area contributed by atoms with Crippen LogP contribution in [0.4, 0.5) is 0 Å². The molecule has 3 aliphatic carbocycles. The second-order valence-corrected chi connectivity index (χ2v) is 5.28. The number of nitriles is 1. The summed E-state index contributed by atoms with van der Waals surface area (Å²) in [5, 5.41) is 16.2. The summed E-state index contributed by atoms with van der Waals surface area (Å²) >= 11 is 0. The molecule has 0 spiro atoms. The number of hydrogen-bond donors (Lipinski definition) is 3. The third-order valence-electron chi connectivity index (χ3n) is 3.99. The van der Waals surface area contributed by atoms with Crippen LogP contribution in [0.15, 0.2) is 0 Å². The third-order valence-corrected chi connectivity index (χ3v) is 3.99. The van der Waals surface area contributed by atoms with E-state index in [0.717, 1.165) is 12.8 Å². The van der Waals surface area contributed by atoms with Crippen LogP contribution in [0.1, 0.15) is 32.1 Å². The van der Waals surface area contributed by atoms with Gasteiger partial charge in [-0.05, 0) is 25.7 Å². The van der Waals surface area contributed by atoms with Crippen LogP contribution in [0.2, 0.25) is 0 Å². The lowest BCUT2D eigenvalue weighted by Crippen LogP contribution is -2.45. The molecule has 4 heteroatoms. The lowest BCUT2D eigenvalue weighted by molar-refractivity contribution is 0.327. The van der Waals surface area contributed by atoms with Crippen LogP contribution in [-0.4, -0.2) is 29.7 Å². The van der Waals surface area contributed by atoms with Crippen molar-refractivity contribution in [2.45, 2.75) is 61.8 Å². The van der Waals surface area contributed by atoms with Crippen molar-refractivity contribution in [3.8, 4) is 6.07 Å². The van der Waals surface area contributed by atoms with E-state index in [9.17, 15) is 5.26 Å². The van der Waals surface area contributed by atoms with Gasteiger partial charge in [-0.25, -0.2) is 0 Å². The Kier molecular flexibility index (Phi) is 2.03. The maximum Gasteiger partial charge on any atom is 0.124 e. The quantitative estimate of drug-likeness (QED) is 0.598. The lowest BCUT2D eigenvalue weighted by atomic mass is 9.93. The van der Waals surface area contributed by atoms with Crippen molar-refractivity contribution in [3.05, 3.63) is 0 Å². The molecule has 4 unspecified atom stereocenters. The minimum Gasteiger partial charge on any atom is -0.326 e. The summed E-state index contributed by atoms with van der Waals surface area (Å²) in [6.07, 6.45) is 5.87.